The first-order chi connectivity index (χ1) is 8.65. The lowest BCUT2D eigenvalue weighted by molar-refractivity contribution is 0.565. The minimum absolute atomic E-state index is 0.162. The fraction of sp³-hybridized carbons (Fsp3) is 0.467. The van der Waals surface area contributed by atoms with Crippen LogP contribution in [0.25, 0.3) is 10.9 Å². The Hall–Kier alpha value is -1.35. The normalized spacial score (nSPS) is 15.8. The molecule has 3 heteroatoms. The maximum atomic E-state index is 13.3. The first-order valence-electron chi connectivity index (χ1n) is 6.68. The Bertz CT molecular complexity index is 567. The van der Waals surface area contributed by atoms with Crippen LogP contribution in [-0.4, -0.2) is 10.6 Å². The fourth-order valence-electron chi connectivity index (χ4n) is 2.55. The molecule has 0 aliphatic heterocycles. The second-order valence-corrected chi connectivity index (χ2v) is 5.46. The van der Waals surface area contributed by atoms with Gasteiger partial charge < -0.3 is 9.88 Å². The summed E-state index contributed by atoms with van der Waals surface area (Å²) in [5.74, 6) is -0.162. The predicted molar refractivity (Wildman–Crippen MR) is 72.1 cm³/mol. The van der Waals surface area contributed by atoms with Crippen molar-refractivity contribution >= 4 is 10.9 Å². The number of hydrogen-bond donors (Lipinski definition) is 1. The molecule has 1 fully saturated rings. The molecule has 1 heterocycles. The summed E-state index contributed by atoms with van der Waals surface area (Å²) < 4.78 is 15.6. The van der Waals surface area contributed by atoms with E-state index < -0.39 is 0 Å². The van der Waals surface area contributed by atoms with Gasteiger partial charge in [0.05, 0.1) is 0 Å². The number of halogens is 1. The number of benzene rings is 1. The van der Waals surface area contributed by atoms with E-state index in [4.69, 9.17) is 0 Å². The summed E-state index contributed by atoms with van der Waals surface area (Å²) >= 11 is 0. The van der Waals surface area contributed by atoms with Crippen molar-refractivity contribution in [2.45, 2.75) is 45.3 Å². The highest BCUT2D eigenvalue weighted by Crippen LogP contribution is 2.26. The van der Waals surface area contributed by atoms with Gasteiger partial charge in [-0.1, -0.05) is 0 Å². The molecular weight excluding hydrogens is 227 g/mol. The van der Waals surface area contributed by atoms with Crippen LogP contribution in [0.2, 0.25) is 0 Å². The van der Waals surface area contributed by atoms with Crippen LogP contribution in [0.1, 0.15) is 38.4 Å². The molecule has 1 saturated carbocycles. The highest BCUT2D eigenvalue weighted by molar-refractivity contribution is 5.81. The van der Waals surface area contributed by atoms with E-state index in [1.165, 1.54) is 18.5 Å². The number of hydrogen-bond acceptors (Lipinski definition) is 1. The molecule has 1 aliphatic rings. The van der Waals surface area contributed by atoms with Gasteiger partial charge in [-0.15, -0.1) is 0 Å². The summed E-state index contributed by atoms with van der Waals surface area (Å²) in [5.41, 5.74) is 2.37. The summed E-state index contributed by atoms with van der Waals surface area (Å²) in [4.78, 5) is 0. The van der Waals surface area contributed by atoms with Crippen LogP contribution in [0, 0.1) is 5.82 Å². The summed E-state index contributed by atoms with van der Waals surface area (Å²) in [7, 11) is 0. The number of nitrogens with zero attached hydrogens (tertiary/aromatic N) is 1. The van der Waals surface area contributed by atoms with Crippen LogP contribution in [0.4, 0.5) is 4.39 Å². The predicted octanol–water partition coefficient (Wildman–Crippen LogP) is 3.61. The average Bonchev–Trinajstić information content (AvgIpc) is 3.06. The van der Waals surface area contributed by atoms with Crippen molar-refractivity contribution in [3.8, 4) is 0 Å². The van der Waals surface area contributed by atoms with Crippen LogP contribution in [-0.2, 0) is 6.54 Å². The average molecular weight is 246 g/mol. The van der Waals surface area contributed by atoms with E-state index >= 15 is 0 Å². The maximum absolute atomic E-state index is 13.3. The quantitative estimate of drug-likeness (QED) is 0.872. The molecule has 3 rings (SSSR count). The number of fused-ring (bicyclic) bond motifs is 1. The molecule has 0 unspecified atom stereocenters. The van der Waals surface area contributed by atoms with Crippen molar-refractivity contribution in [1.82, 2.24) is 9.88 Å². The first-order valence-corrected chi connectivity index (χ1v) is 6.68. The summed E-state index contributed by atoms with van der Waals surface area (Å²) in [6.07, 6.45) is 2.58. The Morgan fingerprint density at radius 3 is 2.78 bits per heavy atom. The molecule has 0 atom stereocenters. The molecule has 2 nitrogen and oxygen atoms in total. The SMILES string of the molecule is CC(C)n1c(CNC2CC2)cc2cc(F)ccc21. The smallest absolute Gasteiger partial charge is 0.123 e. The van der Waals surface area contributed by atoms with Gasteiger partial charge in [-0.3, -0.25) is 0 Å². The summed E-state index contributed by atoms with van der Waals surface area (Å²) in [5, 5.41) is 4.53. The Kier molecular flexibility index (Phi) is 2.86. The molecule has 1 aromatic heterocycles. The zero-order valence-electron chi connectivity index (χ0n) is 10.9. The van der Waals surface area contributed by atoms with Crippen molar-refractivity contribution < 1.29 is 4.39 Å². The van der Waals surface area contributed by atoms with E-state index in [2.05, 4.69) is 29.8 Å². The standard InChI is InChI=1S/C15H19FN2/c1-10(2)18-14(9-17-13-4-5-13)8-11-7-12(16)3-6-15(11)18/h3,6-8,10,13,17H,4-5,9H2,1-2H3. The molecule has 1 aromatic carbocycles. The third kappa shape index (κ3) is 2.15. The lowest BCUT2D eigenvalue weighted by Crippen LogP contribution is -2.18. The molecule has 0 amide bonds. The molecular formula is C15H19FN2. The van der Waals surface area contributed by atoms with Crippen LogP contribution in [0.5, 0.6) is 0 Å². The fourth-order valence-corrected chi connectivity index (χ4v) is 2.55. The number of aromatic nitrogens is 1. The van der Waals surface area contributed by atoms with E-state index in [0.717, 1.165) is 17.4 Å². The molecule has 0 saturated heterocycles. The number of nitrogens with one attached hydrogen (secondary N) is 1. The van der Waals surface area contributed by atoms with Gasteiger partial charge in [-0.05, 0) is 51.0 Å². The molecule has 18 heavy (non-hydrogen) atoms. The molecule has 1 N–H and O–H groups in total. The summed E-state index contributed by atoms with van der Waals surface area (Å²) in [6.45, 7) is 5.21. The van der Waals surface area contributed by atoms with Gasteiger partial charge in [0.2, 0.25) is 0 Å². The van der Waals surface area contributed by atoms with Crippen molar-refractivity contribution in [1.29, 1.82) is 0 Å². The first kappa shape index (κ1) is 11.7. The van der Waals surface area contributed by atoms with Gasteiger partial charge in [-0.2, -0.15) is 0 Å². The molecule has 0 radical (unpaired) electrons. The molecule has 0 bridgehead atoms. The second kappa shape index (κ2) is 4.39. The van der Waals surface area contributed by atoms with Crippen molar-refractivity contribution in [2.24, 2.45) is 0 Å². The zero-order chi connectivity index (χ0) is 12.7. The Morgan fingerprint density at radius 1 is 1.33 bits per heavy atom. The third-order valence-electron chi connectivity index (χ3n) is 3.55. The van der Waals surface area contributed by atoms with Gasteiger partial charge in [0.1, 0.15) is 5.82 Å². The second-order valence-electron chi connectivity index (χ2n) is 5.46. The van der Waals surface area contributed by atoms with E-state index in [1.54, 1.807) is 12.1 Å². The zero-order valence-corrected chi connectivity index (χ0v) is 10.9. The highest BCUT2D eigenvalue weighted by Gasteiger charge is 2.21. The maximum Gasteiger partial charge on any atom is 0.123 e. The third-order valence-corrected chi connectivity index (χ3v) is 3.55. The van der Waals surface area contributed by atoms with Gasteiger partial charge in [0.25, 0.3) is 0 Å². The van der Waals surface area contributed by atoms with Crippen molar-refractivity contribution in [3.63, 3.8) is 0 Å². The summed E-state index contributed by atoms with van der Waals surface area (Å²) in [6, 6.07) is 8.23. The van der Waals surface area contributed by atoms with Crippen LogP contribution in [0.3, 0.4) is 0 Å². The van der Waals surface area contributed by atoms with E-state index in [1.807, 2.05) is 6.07 Å². The minimum atomic E-state index is -0.162. The van der Waals surface area contributed by atoms with Crippen LogP contribution in [0.15, 0.2) is 24.3 Å². The lowest BCUT2D eigenvalue weighted by Gasteiger charge is -2.15. The van der Waals surface area contributed by atoms with E-state index in [-0.39, 0.29) is 5.82 Å². The van der Waals surface area contributed by atoms with Crippen molar-refractivity contribution in [3.05, 3.63) is 35.8 Å². The topological polar surface area (TPSA) is 17.0 Å². The molecule has 2 aromatic rings. The largest absolute Gasteiger partial charge is 0.341 e. The molecule has 96 valence electrons. The van der Waals surface area contributed by atoms with Crippen molar-refractivity contribution in [2.75, 3.05) is 0 Å². The molecule has 1 aliphatic carbocycles. The van der Waals surface area contributed by atoms with Gasteiger partial charge in [-0.25, -0.2) is 4.39 Å². The number of rotatable bonds is 4. The Morgan fingerprint density at radius 2 is 2.11 bits per heavy atom. The van der Waals surface area contributed by atoms with Gasteiger partial charge in [0.15, 0.2) is 0 Å². The van der Waals surface area contributed by atoms with E-state index in [9.17, 15) is 4.39 Å². The van der Waals surface area contributed by atoms with Crippen LogP contribution >= 0.6 is 0 Å². The van der Waals surface area contributed by atoms with Crippen LogP contribution < -0.4 is 5.32 Å². The van der Waals surface area contributed by atoms with E-state index in [0.29, 0.717) is 12.1 Å². The minimum Gasteiger partial charge on any atom is -0.341 e. The highest BCUT2D eigenvalue weighted by atomic mass is 19.1. The molecule has 0 spiro atoms. The van der Waals surface area contributed by atoms with Gasteiger partial charge in [0, 0.05) is 35.2 Å². The van der Waals surface area contributed by atoms with Gasteiger partial charge >= 0.3 is 0 Å². The monoisotopic (exact) mass is 246 g/mol. The lowest BCUT2D eigenvalue weighted by atomic mass is 10.2. The Labute approximate surface area is 107 Å². The Balaban J connectivity index is 2.01.